The van der Waals surface area contributed by atoms with Gasteiger partial charge in [-0.05, 0) is 45.1 Å². The average molecular weight is 357 g/mol. The van der Waals surface area contributed by atoms with E-state index in [1.165, 1.54) is 0 Å². The van der Waals surface area contributed by atoms with Gasteiger partial charge in [0.25, 0.3) is 0 Å². The van der Waals surface area contributed by atoms with Crippen molar-refractivity contribution in [2.75, 3.05) is 7.05 Å². The number of fused-ring (bicyclic) bond motifs is 1. The van der Waals surface area contributed by atoms with Gasteiger partial charge in [-0.2, -0.15) is 0 Å². The summed E-state index contributed by atoms with van der Waals surface area (Å²) < 4.78 is 11.9. The Kier molecular flexibility index (Phi) is 4.11. The van der Waals surface area contributed by atoms with E-state index in [1.807, 2.05) is 65.1 Å². The van der Waals surface area contributed by atoms with Gasteiger partial charge in [0.15, 0.2) is 11.1 Å². The number of quaternary nitrogens is 1. The Morgan fingerprint density at radius 3 is 2.19 bits per heavy atom. The molecule has 1 aromatic carbocycles. The Morgan fingerprint density at radius 2 is 1.65 bits per heavy atom. The van der Waals surface area contributed by atoms with E-state index in [0.29, 0.717) is 0 Å². The van der Waals surface area contributed by atoms with E-state index in [1.54, 1.807) is 0 Å². The molecule has 0 spiro atoms. The van der Waals surface area contributed by atoms with E-state index >= 15 is 0 Å². The topological polar surface area (TPSA) is 52.6 Å². The van der Waals surface area contributed by atoms with Crippen molar-refractivity contribution in [2.45, 2.75) is 58.5 Å². The zero-order valence-electron chi connectivity index (χ0n) is 16.5. The molecule has 2 aliphatic heterocycles. The summed E-state index contributed by atoms with van der Waals surface area (Å²) in [6, 6.07) is 7.76. The number of carbonyl (C=O) groups excluding carboxylic acids is 2. The predicted octanol–water partition coefficient (Wildman–Crippen LogP) is 2.76. The largest absolute Gasteiger partial charge is 0.615 e. The number of likely N-dealkylation sites (N-methyl/N-ethyl adjacent to an activating group) is 1. The van der Waals surface area contributed by atoms with Crippen molar-refractivity contribution in [3.05, 3.63) is 35.9 Å². The first-order valence-corrected chi connectivity index (χ1v) is 9.29. The number of allylic oxidation sites excluding steroid dienone is 1. The Balaban J connectivity index is 2.18. The summed E-state index contributed by atoms with van der Waals surface area (Å²) in [5.41, 5.74) is -0.0581. The van der Waals surface area contributed by atoms with Crippen molar-refractivity contribution >= 4 is 30.2 Å². The third-order valence-electron chi connectivity index (χ3n) is 6.63. The van der Waals surface area contributed by atoms with Crippen LogP contribution in [0.15, 0.2) is 30.3 Å². The van der Waals surface area contributed by atoms with Gasteiger partial charge in [-0.1, -0.05) is 49.8 Å². The summed E-state index contributed by atoms with van der Waals surface area (Å²) in [5.74, 6) is -0.681. The molecule has 0 saturated carbocycles. The quantitative estimate of drug-likeness (QED) is 0.778. The summed E-state index contributed by atoms with van der Waals surface area (Å²) in [6.45, 7) is 7.12. The summed E-state index contributed by atoms with van der Waals surface area (Å²) in [7, 11) is 1.90. The molecule has 140 valence electrons. The lowest BCUT2D eigenvalue weighted by molar-refractivity contribution is -0.885. The van der Waals surface area contributed by atoms with Gasteiger partial charge in [-0.3, -0.25) is 0 Å². The Morgan fingerprint density at radius 1 is 1.08 bits per heavy atom. The van der Waals surface area contributed by atoms with Crippen LogP contribution in [0.1, 0.15) is 53.0 Å². The van der Waals surface area contributed by atoms with Crippen LogP contribution in [0.2, 0.25) is 0 Å². The van der Waals surface area contributed by atoms with Gasteiger partial charge in [0.05, 0.1) is 0 Å². The lowest BCUT2D eigenvalue weighted by Crippen LogP contribution is -2.77. The minimum absolute atomic E-state index is 0.0831. The van der Waals surface area contributed by atoms with E-state index in [-0.39, 0.29) is 16.3 Å². The summed E-state index contributed by atoms with van der Waals surface area (Å²) in [4.78, 5) is 25.5. The number of benzene rings is 1. The van der Waals surface area contributed by atoms with Crippen molar-refractivity contribution in [3.8, 4) is 0 Å². The van der Waals surface area contributed by atoms with Crippen LogP contribution in [0, 0.1) is 0 Å². The predicted molar refractivity (Wildman–Crippen MR) is 102 cm³/mol. The first kappa shape index (κ1) is 18.7. The normalized spacial score (nSPS) is 31.8. The maximum Gasteiger partial charge on any atom is 0.615 e. The van der Waals surface area contributed by atoms with Crippen LogP contribution >= 0.6 is 0 Å². The van der Waals surface area contributed by atoms with Crippen LogP contribution < -0.4 is 5.46 Å². The molecule has 0 bridgehead atoms. The zero-order chi connectivity index (χ0) is 19.4. The first-order valence-electron chi connectivity index (χ1n) is 9.29. The Labute approximate surface area is 155 Å². The van der Waals surface area contributed by atoms with Crippen LogP contribution in [0.3, 0.4) is 0 Å². The van der Waals surface area contributed by atoms with Gasteiger partial charge < -0.3 is 13.7 Å². The minimum atomic E-state index is -2.32. The van der Waals surface area contributed by atoms with Gasteiger partial charge in [0, 0.05) is 7.05 Å². The molecule has 0 aliphatic carbocycles. The molecule has 0 radical (unpaired) electrons. The standard InChI is InChI=1S/C20H28BNO4/c1-7-8-9-11-15-12-10-13-16(14-15)21-22(6,19(2,3)17(23)25-21)20(4,5)18(24)26-21/h9-14H,7-8H2,1-6H3/b11-9+. The zero-order valence-corrected chi connectivity index (χ0v) is 16.5. The highest BCUT2D eigenvalue weighted by Crippen LogP contribution is 2.51. The average Bonchev–Trinajstić information content (AvgIpc) is 2.84. The molecule has 0 N–H and O–H groups in total. The Bertz CT molecular complexity index is 767. The molecule has 0 unspecified atom stereocenters. The maximum atomic E-state index is 12.8. The van der Waals surface area contributed by atoms with Gasteiger partial charge in [0.1, 0.15) is 0 Å². The number of hydrogen-bond acceptors (Lipinski definition) is 4. The maximum absolute atomic E-state index is 12.8. The van der Waals surface area contributed by atoms with E-state index in [2.05, 4.69) is 13.0 Å². The third-order valence-corrected chi connectivity index (χ3v) is 6.63. The van der Waals surface area contributed by atoms with Crippen molar-refractivity contribution in [1.29, 1.82) is 0 Å². The van der Waals surface area contributed by atoms with Gasteiger partial charge in [-0.25, -0.2) is 9.59 Å². The molecule has 0 atom stereocenters. The summed E-state index contributed by atoms with van der Waals surface area (Å²) in [6.07, 6.45) is 6.25. The molecule has 5 nitrogen and oxygen atoms in total. The second-order valence-electron chi connectivity index (χ2n) is 8.54. The second kappa shape index (κ2) is 5.71. The molecule has 3 rings (SSSR count). The molecule has 0 amide bonds. The fourth-order valence-electron chi connectivity index (χ4n) is 4.45. The van der Waals surface area contributed by atoms with Crippen LogP contribution in [0.25, 0.3) is 6.08 Å². The van der Waals surface area contributed by atoms with Crippen LogP contribution in [-0.4, -0.2) is 41.1 Å². The highest BCUT2D eigenvalue weighted by atomic mass is 16.7. The lowest BCUT2D eigenvalue weighted by Gasteiger charge is -2.54. The molecule has 26 heavy (non-hydrogen) atoms. The molecule has 2 saturated heterocycles. The molecular weight excluding hydrogens is 329 g/mol. The van der Waals surface area contributed by atoms with E-state index in [0.717, 1.165) is 23.9 Å². The number of nitrogens with zero attached hydrogens (tertiary/aromatic N) is 1. The molecule has 6 heteroatoms. The van der Waals surface area contributed by atoms with Gasteiger partial charge in [0.2, 0.25) is 0 Å². The fourth-order valence-corrected chi connectivity index (χ4v) is 4.45. The smallest absolute Gasteiger partial charge is 0.596 e. The lowest BCUT2D eigenvalue weighted by atomic mass is 9.57. The molecular formula is C20H28BNO4. The number of carbonyl (C=O) groups is 2. The highest BCUT2D eigenvalue weighted by Gasteiger charge is 2.80. The fraction of sp³-hybridized carbons (Fsp3) is 0.500. The summed E-state index contributed by atoms with van der Waals surface area (Å²) in [5, 5.41) is 0. The SMILES string of the molecule is CCC/C=C/c1cccc([B-]23OC(=O)C(C)(C)[N+]2(C)C(C)(C)C(=O)O3)c1. The third kappa shape index (κ3) is 2.08. The number of hydrogen-bond donors (Lipinski definition) is 0. The van der Waals surface area contributed by atoms with E-state index < -0.39 is 17.8 Å². The molecule has 2 heterocycles. The van der Waals surface area contributed by atoms with Crippen molar-refractivity contribution in [2.24, 2.45) is 0 Å². The molecule has 0 aromatic heterocycles. The Hall–Kier alpha value is -2.08. The van der Waals surface area contributed by atoms with Crippen molar-refractivity contribution < 1.29 is 23.3 Å². The first-order chi connectivity index (χ1) is 12.0. The monoisotopic (exact) mass is 357 g/mol. The van der Waals surface area contributed by atoms with Crippen LogP contribution in [-0.2, 0) is 18.9 Å². The molecule has 2 fully saturated rings. The summed E-state index contributed by atoms with van der Waals surface area (Å²) >= 11 is 0. The van der Waals surface area contributed by atoms with Crippen LogP contribution in [0.5, 0.6) is 0 Å². The van der Waals surface area contributed by atoms with Gasteiger partial charge >= 0.3 is 18.6 Å². The van der Waals surface area contributed by atoms with Crippen molar-refractivity contribution in [3.63, 3.8) is 0 Å². The van der Waals surface area contributed by atoms with Crippen molar-refractivity contribution in [1.82, 2.24) is 0 Å². The number of rotatable bonds is 4. The molecule has 1 aromatic rings. The van der Waals surface area contributed by atoms with E-state index in [9.17, 15) is 9.59 Å². The highest BCUT2D eigenvalue weighted by molar-refractivity contribution is 6.79. The van der Waals surface area contributed by atoms with E-state index in [4.69, 9.17) is 9.31 Å². The van der Waals surface area contributed by atoms with Gasteiger partial charge in [-0.15, -0.1) is 0 Å². The van der Waals surface area contributed by atoms with Crippen LogP contribution in [0.4, 0.5) is 0 Å². The number of unbranched alkanes of at least 4 members (excludes halogenated alkanes) is 1. The minimum Gasteiger partial charge on any atom is -0.596 e. The second-order valence-corrected chi connectivity index (χ2v) is 8.54. The molecule has 2 aliphatic rings.